The van der Waals surface area contributed by atoms with Gasteiger partial charge in [-0.2, -0.15) is 0 Å². The van der Waals surface area contributed by atoms with Gasteiger partial charge in [0.15, 0.2) is 0 Å². The first kappa shape index (κ1) is 22.5. The molecule has 0 N–H and O–H groups in total. The minimum Gasteiger partial charge on any atom is -0.466 e. The van der Waals surface area contributed by atoms with Crippen LogP contribution in [0.5, 0.6) is 0 Å². The summed E-state index contributed by atoms with van der Waals surface area (Å²) in [6.45, 7) is 2.54. The second kappa shape index (κ2) is 9.81. The first-order chi connectivity index (χ1) is 15.5. The van der Waals surface area contributed by atoms with E-state index in [0.717, 1.165) is 30.4 Å². The fourth-order valence-electron chi connectivity index (χ4n) is 4.22. The van der Waals surface area contributed by atoms with Crippen LogP contribution in [0.15, 0.2) is 35.7 Å². The number of carbonyl (C=O) groups is 3. The Balaban J connectivity index is 1.50. The number of benzene rings is 1. The standard InChI is InChI=1S/C24H27FN2O4S/c1-2-31-23(30)10-9-21(28)27(18-7-8-18)15-22(29)26-13-11-20-19(12-14-32-20)24(26)16-3-5-17(25)6-4-16/h3-6,12,14,18,24H,2,7-11,13,15H2,1H3. The fourth-order valence-corrected chi connectivity index (χ4v) is 5.12. The van der Waals surface area contributed by atoms with Crippen LogP contribution in [0.3, 0.4) is 0 Å². The molecule has 1 atom stereocenters. The van der Waals surface area contributed by atoms with Crippen molar-refractivity contribution in [1.29, 1.82) is 0 Å². The maximum absolute atomic E-state index is 13.5. The number of esters is 1. The molecule has 1 aromatic carbocycles. The van der Waals surface area contributed by atoms with E-state index in [4.69, 9.17) is 4.74 Å². The van der Waals surface area contributed by atoms with E-state index in [-0.39, 0.29) is 55.7 Å². The number of rotatable bonds is 8. The summed E-state index contributed by atoms with van der Waals surface area (Å²) < 4.78 is 18.4. The Morgan fingerprint density at radius 3 is 2.59 bits per heavy atom. The van der Waals surface area contributed by atoms with Crippen molar-refractivity contribution >= 4 is 29.1 Å². The number of nitrogens with zero attached hydrogens (tertiary/aromatic N) is 2. The lowest BCUT2D eigenvalue weighted by Crippen LogP contribution is -2.47. The van der Waals surface area contributed by atoms with Crippen molar-refractivity contribution in [3.8, 4) is 0 Å². The van der Waals surface area contributed by atoms with Crippen molar-refractivity contribution in [1.82, 2.24) is 9.80 Å². The Kier molecular flexibility index (Phi) is 6.89. The van der Waals surface area contributed by atoms with E-state index in [1.165, 1.54) is 17.0 Å². The quantitative estimate of drug-likeness (QED) is 0.566. The Morgan fingerprint density at radius 2 is 1.91 bits per heavy atom. The fraction of sp³-hybridized carbons (Fsp3) is 0.458. The van der Waals surface area contributed by atoms with E-state index in [9.17, 15) is 18.8 Å². The van der Waals surface area contributed by atoms with E-state index in [1.807, 2.05) is 11.4 Å². The predicted molar refractivity (Wildman–Crippen MR) is 119 cm³/mol. The van der Waals surface area contributed by atoms with Gasteiger partial charge in [-0.15, -0.1) is 11.3 Å². The smallest absolute Gasteiger partial charge is 0.306 e. The highest BCUT2D eigenvalue weighted by atomic mass is 32.1. The summed E-state index contributed by atoms with van der Waals surface area (Å²) in [5.74, 6) is -1.05. The number of amides is 2. The Bertz CT molecular complexity index is 986. The van der Waals surface area contributed by atoms with Gasteiger partial charge < -0.3 is 14.5 Å². The normalized spacial score (nSPS) is 17.6. The third kappa shape index (κ3) is 5.01. The molecule has 0 radical (unpaired) electrons. The van der Waals surface area contributed by atoms with Crippen LogP contribution < -0.4 is 0 Å². The van der Waals surface area contributed by atoms with Crippen LogP contribution in [0.1, 0.15) is 54.7 Å². The van der Waals surface area contributed by atoms with E-state index in [2.05, 4.69) is 0 Å². The molecule has 6 nitrogen and oxygen atoms in total. The van der Waals surface area contributed by atoms with Gasteiger partial charge >= 0.3 is 5.97 Å². The van der Waals surface area contributed by atoms with Crippen LogP contribution in [0.4, 0.5) is 4.39 Å². The summed E-state index contributed by atoms with van der Waals surface area (Å²) in [6, 6.07) is 8.04. The first-order valence-electron chi connectivity index (χ1n) is 11.0. The van der Waals surface area contributed by atoms with Crippen molar-refractivity contribution in [3.05, 3.63) is 57.5 Å². The third-order valence-corrected chi connectivity index (χ3v) is 6.93. The van der Waals surface area contributed by atoms with Crippen LogP contribution in [0.25, 0.3) is 0 Å². The highest BCUT2D eigenvalue weighted by Crippen LogP contribution is 2.38. The van der Waals surface area contributed by atoms with Crippen LogP contribution in [-0.4, -0.2) is 53.3 Å². The zero-order valence-electron chi connectivity index (χ0n) is 18.1. The van der Waals surface area contributed by atoms with Gasteiger partial charge in [-0.05, 0) is 60.9 Å². The topological polar surface area (TPSA) is 66.9 Å². The molecule has 0 bridgehead atoms. The van der Waals surface area contributed by atoms with Gasteiger partial charge in [0.25, 0.3) is 0 Å². The molecule has 32 heavy (non-hydrogen) atoms. The average molecular weight is 459 g/mol. The van der Waals surface area contributed by atoms with E-state index in [0.29, 0.717) is 6.54 Å². The van der Waals surface area contributed by atoms with Crippen LogP contribution in [-0.2, 0) is 25.5 Å². The number of thiophene rings is 1. The number of hydrogen-bond donors (Lipinski definition) is 0. The molecule has 0 saturated heterocycles. The number of halogens is 1. The molecule has 2 heterocycles. The lowest BCUT2D eigenvalue weighted by atomic mass is 9.93. The van der Waals surface area contributed by atoms with Gasteiger partial charge in [-0.1, -0.05) is 12.1 Å². The van der Waals surface area contributed by atoms with Crippen molar-refractivity contribution in [3.63, 3.8) is 0 Å². The summed E-state index contributed by atoms with van der Waals surface area (Å²) in [7, 11) is 0. The van der Waals surface area contributed by atoms with Gasteiger partial charge in [-0.25, -0.2) is 4.39 Å². The number of ether oxygens (including phenoxy) is 1. The first-order valence-corrected chi connectivity index (χ1v) is 11.9. The maximum Gasteiger partial charge on any atom is 0.306 e. The monoisotopic (exact) mass is 458 g/mol. The minimum absolute atomic E-state index is 0.0104. The molecule has 0 spiro atoms. The second-order valence-corrected chi connectivity index (χ2v) is 9.15. The predicted octanol–water partition coefficient (Wildman–Crippen LogP) is 3.70. The molecule has 2 amide bonds. The molecule has 1 aliphatic heterocycles. The molecule has 170 valence electrons. The molecule has 8 heteroatoms. The Hall–Kier alpha value is -2.74. The zero-order chi connectivity index (χ0) is 22.7. The maximum atomic E-state index is 13.5. The second-order valence-electron chi connectivity index (χ2n) is 8.15. The van der Waals surface area contributed by atoms with Crippen molar-refractivity contribution in [2.24, 2.45) is 0 Å². The minimum atomic E-state index is -0.402. The highest BCUT2D eigenvalue weighted by Gasteiger charge is 2.38. The summed E-state index contributed by atoms with van der Waals surface area (Å²) >= 11 is 1.67. The molecule has 1 aliphatic carbocycles. The molecule has 1 aromatic heterocycles. The SMILES string of the molecule is CCOC(=O)CCC(=O)N(CC(=O)N1CCc2sccc2C1c1ccc(F)cc1)C1CC1. The average Bonchev–Trinajstić information content (AvgIpc) is 3.51. The van der Waals surface area contributed by atoms with E-state index < -0.39 is 5.97 Å². The zero-order valence-corrected chi connectivity index (χ0v) is 18.9. The summed E-state index contributed by atoms with van der Waals surface area (Å²) in [4.78, 5) is 42.5. The van der Waals surface area contributed by atoms with Gasteiger partial charge in [0.05, 0.1) is 19.1 Å². The van der Waals surface area contributed by atoms with Gasteiger partial charge in [0.1, 0.15) is 12.4 Å². The molecule has 1 saturated carbocycles. The van der Waals surface area contributed by atoms with Crippen molar-refractivity contribution in [2.75, 3.05) is 19.7 Å². The molecule has 1 fully saturated rings. The number of carbonyl (C=O) groups excluding carboxylic acids is 3. The van der Waals surface area contributed by atoms with Crippen molar-refractivity contribution in [2.45, 2.75) is 51.1 Å². The van der Waals surface area contributed by atoms with Crippen molar-refractivity contribution < 1.29 is 23.5 Å². The highest BCUT2D eigenvalue weighted by molar-refractivity contribution is 7.10. The Morgan fingerprint density at radius 1 is 1.16 bits per heavy atom. The van der Waals surface area contributed by atoms with Crippen LogP contribution >= 0.6 is 11.3 Å². The molecular formula is C24H27FN2O4S. The van der Waals surface area contributed by atoms with Gasteiger partial charge in [0, 0.05) is 23.9 Å². The lowest BCUT2D eigenvalue weighted by Gasteiger charge is -2.37. The van der Waals surface area contributed by atoms with Crippen LogP contribution in [0.2, 0.25) is 0 Å². The summed E-state index contributed by atoms with van der Waals surface area (Å²) in [5, 5.41) is 2.02. The summed E-state index contributed by atoms with van der Waals surface area (Å²) in [5.41, 5.74) is 1.92. The largest absolute Gasteiger partial charge is 0.466 e. The number of fused-ring (bicyclic) bond motifs is 1. The van der Waals surface area contributed by atoms with Gasteiger partial charge in [-0.3, -0.25) is 14.4 Å². The molecule has 2 aromatic rings. The molecule has 2 aliphatic rings. The molecule has 4 rings (SSSR count). The van der Waals surface area contributed by atoms with Crippen LogP contribution in [0, 0.1) is 5.82 Å². The summed E-state index contributed by atoms with van der Waals surface area (Å²) in [6.07, 6.45) is 2.56. The third-order valence-electron chi connectivity index (χ3n) is 5.93. The number of hydrogen-bond acceptors (Lipinski definition) is 5. The lowest BCUT2D eigenvalue weighted by molar-refractivity contribution is -0.147. The van der Waals surface area contributed by atoms with E-state index >= 15 is 0 Å². The van der Waals surface area contributed by atoms with E-state index in [1.54, 1.807) is 40.2 Å². The molecular weight excluding hydrogens is 431 g/mol. The Labute approximate surface area is 191 Å². The van der Waals surface area contributed by atoms with Gasteiger partial charge in [0.2, 0.25) is 11.8 Å². The molecule has 1 unspecified atom stereocenters.